The second kappa shape index (κ2) is 6.76. The highest BCUT2D eigenvalue weighted by Crippen LogP contribution is 2.74. The first-order valence-corrected chi connectivity index (χ1v) is 11.3. The van der Waals surface area contributed by atoms with Gasteiger partial charge in [0.15, 0.2) is 11.6 Å². The Balaban J connectivity index is 1.69. The van der Waals surface area contributed by atoms with Gasteiger partial charge >= 0.3 is 0 Å². The van der Waals surface area contributed by atoms with Crippen LogP contribution in [-0.2, 0) is 5.41 Å². The van der Waals surface area contributed by atoms with Gasteiger partial charge in [-0.25, -0.2) is 0 Å². The molecule has 35 heavy (non-hydrogen) atoms. The number of hydrogen-bond acceptors (Lipinski definition) is 7. The number of carbonyl (C=O) groups is 2. The summed E-state index contributed by atoms with van der Waals surface area (Å²) >= 11 is 0. The fourth-order valence-corrected chi connectivity index (χ4v) is 6.29. The lowest BCUT2D eigenvalue weighted by atomic mass is 9.69. The molecule has 0 aromatic heterocycles. The number of aliphatic hydroxyl groups excluding tert-OH is 2. The molecular weight excluding hydrogens is 446 g/mol. The zero-order valence-electron chi connectivity index (χ0n) is 18.9. The Bertz CT molecular complexity index is 1550. The number of aromatic hydroxyl groups is 2. The van der Waals surface area contributed by atoms with Crippen LogP contribution in [0.25, 0.3) is 0 Å². The molecular formula is C28H21NO6. The number of benzene rings is 2. The van der Waals surface area contributed by atoms with E-state index in [9.17, 15) is 30.0 Å². The van der Waals surface area contributed by atoms with E-state index in [2.05, 4.69) is 29.0 Å². The minimum atomic E-state index is -1.24. The Morgan fingerprint density at radius 1 is 1.06 bits per heavy atom. The van der Waals surface area contributed by atoms with Gasteiger partial charge in [-0.2, -0.15) is 0 Å². The largest absolute Gasteiger partial charge is 0.507 e. The van der Waals surface area contributed by atoms with Gasteiger partial charge in [0.25, 0.3) is 0 Å². The molecule has 0 amide bonds. The average molecular weight is 467 g/mol. The summed E-state index contributed by atoms with van der Waals surface area (Å²) in [4.78, 5) is 27.2. The Labute approximate surface area is 201 Å². The van der Waals surface area contributed by atoms with Crippen molar-refractivity contribution in [2.45, 2.75) is 43.9 Å². The van der Waals surface area contributed by atoms with E-state index in [0.717, 1.165) is 0 Å². The molecule has 1 saturated carbocycles. The maximum Gasteiger partial charge on any atom is 0.200 e. The van der Waals surface area contributed by atoms with Crippen molar-refractivity contribution in [3.63, 3.8) is 0 Å². The third-order valence-corrected chi connectivity index (χ3v) is 8.08. The number of fused-ring (bicyclic) bond motifs is 4. The van der Waals surface area contributed by atoms with Gasteiger partial charge < -0.3 is 25.7 Å². The zero-order valence-corrected chi connectivity index (χ0v) is 18.9. The van der Waals surface area contributed by atoms with Crippen LogP contribution in [-0.4, -0.2) is 50.2 Å². The Morgan fingerprint density at radius 2 is 1.77 bits per heavy atom. The lowest BCUT2D eigenvalue weighted by molar-refractivity contribution is 0.0603. The van der Waals surface area contributed by atoms with Gasteiger partial charge in [0.1, 0.15) is 17.6 Å². The van der Waals surface area contributed by atoms with Crippen LogP contribution in [0.4, 0.5) is 5.69 Å². The summed E-state index contributed by atoms with van der Waals surface area (Å²) in [5.74, 6) is 9.65. The molecule has 1 aliphatic heterocycles. The number of hydrogen-bond donors (Lipinski definition) is 5. The van der Waals surface area contributed by atoms with Gasteiger partial charge in [-0.15, -0.1) is 0 Å². The third-order valence-electron chi connectivity index (χ3n) is 8.08. The molecule has 7 nitrogen and oxygen atoms in total. The highest BCUT2D eigenvalue weighted by atomic mass is 16.3. The Morgan fingerprint density at radius 3 is 2.49 bits per heavy atom. The number of carbonyl (C=O) groups excluding carboxylic acids is 2. The smallest absolute Gasteiger partial charge is 0.200 e. The maximum absolute atomic E-state index is 13.8. The van der Waals surface area contributed by atoms with Crippen LogP contribution in [0, 0.1) is 36.0 Å². The number of phenolic OH excluding ortho intramolecular Hbond substituents is 2. The molecule has 0 spiro atoms. The normalized spacial score (nSPS) is 30.5. The monoisotopic (exact) mass is 467 g/mol. The van der Waals surface area contributed by atoms with Gasteiger partial charge in [0.2, 0.25) is 0 Å². The van der Waals surface area contributed by atoms with Crippen LogP contribution in [0.2, 0.25) is 0 Å². The van der Waals surface area contributed by atoms with Crippen LogP contribution in [0.3, 0.4) is 0 Å². The molecule has 4 aliphatic rings. The number of aryl methyl sites for hydroxylation is 1. The van der Waals surface area contributed by atoms with Gasteiger partial charge in [-0.3, -0.25) is 9.59 Å². The van der Waals surface area contributed by atoms with Gasteiger partial charge in [-0.1, -0.05) is 29.7 Å². The fraction of sp³-hybridized carbons (Fsp3) is 0.286. The number of nitrogens with one attached hydrogen (secondary N) is 1. The number of aliphatic hydroxyl groups is 2. The van der Waals surface area contributed by atoms with E-state index < -0.39 is 46.4 Å². The highest BCUT2D eigenvalue weighted by molar-refractivity contribution is 6.32. The molecule has 174 valence electrons. The maximum atomic E-state index is 13.8. The summed E-state index contributed by atoms with van der Waals surface area (Å²) in [5.41, 5.74) is -1.36. The number of anilines is 1. The molecule has 0 radical (unpaired) electrons. The Hall–Kier alpha value is -4.04. The fourth-order valence-electron chi connectivity index (χ4n) is 6.29. The second-order valence-corrected chi connectivity index (χ2v) is 9.64. The van der Waals surface area contributed by atoms with Crippen LogP contribution in [0.15, 0.2) is 30.4 Å². The predicted molar refractivity (Wildman–Crippen MR) is 126 cm³/mol. The van der Waals surface area contributed by atoms with E-state index >= 15 is 0 Å². The first-order valence-electron chi connectivity index (χ1n) is 11.3. The number of ketones is 2. The molecule has 3 aliphatic carbocycles. The molecule has 1 heterocycles. The summed E-state index contributed by atoms with van der Waals surface area (Å²) in [7, 11) is 0. The van der Waals surface area contributed by atoms with Crippen molar-refractivity contribution >= 4 is 17.3 Å². The van der Waals surface area contributed by atoms with Gasteiger partial charge in [0, 0.05) is 16.4 Å². The SMILES string of the molecule is Cc1ccc2c(c1O)C(=O)c1c3c(cc(O)c1C2=O)[C@@]12C[C@@]1([C@@H](C)O)[C@H](C#C/C=C\C#C[C@H]2O)N3. The van der Waals surface area contributed by atoms with Crippen LogP contribution < -0.4 is 5.32 Å². The molecule has 5 N–H and O–H groups in total. The average Bonchev–Trinajstić information content (AvgIpc) is 3.55. The van der Waals surface area contributed by atoms with E-state index in [4.69, 9.17) is 0 Å². The molecule has 2 bridgehead atoms. The van der Waals surface area contributed by atoms with Crippen LogP contribution >= 0.6 is 0 Å². The van der Waals surface area contributed by atoms with Crippen molar-refractivity contribution in [2.24, 2.45) is 5.41 Å². The summed E-state index contributed by atoms with van der Waals surface area (Å²) in [6.45, 7) is 3.25. The number of rotatable bonds is 1. The summed E-state index contributed by atoms with van der Waals surface area (Å²) in [6, 6.07) is 3.71. The van der Waals surface area contributed by atoms with Crippen molar-refractivity contribution in [1.82, 2.24) is 0 Å². The molecule has 7 heteroatoms. The molecule has 2 aromatic carbocycles. The summed E-state index contributed by atoms with van der Waals surface area (Å²) in [5, 5.41) is 47.2. The molecule has 6 rings (SSSR count). The van der Waals surface area contributed by atoms with E-state index in [1.165, 1.54) is 18.2 Å². The topological polar surface area (TPSA) is 127 Å². The first kappa shape index (κ1) is 21.5. The molecule has 0 unspecified atom stereocenters. The third kappa shape index (κ3) is 2.39. The van der Waals surface area contributed by atoms with Crippen molar-refractivity contribution in [2.75, 3.05) is 5.32 Å². The summed E-state index contributed by atoms with van der Waals surface area (Å²) < 4.78 is 0. The molecule has 0 saturated heterocycles. The van der Waals surface area contributed by atoms with E-state index in [1.54, 1.807) is 26.0 Å². The second-order valence-electron chi connectivity index (χ2n) is 9.64. The predicted octanol–water partition coefficient (Wildman–Crippen LogP) is 1.92. The van der Waals surface area contributed by atoms with Crippen LogP contribution in [0.1, 0.15) is 56.3 Å². The van der Waals surface area contributed by atoms with Gasteiger partial charge in [0.05, 0.1) is 34.5 Å². The molecule has 5 atom stereocenters. The Kier molecular flexibility index (Phi) is 4.15. The first-order chi connectivity index (χ1) is 16.7. The molecule has 1 fully saturated rings. The van der Waals surface area contributed by atoms with Crippen molar-refractivity contribution in [3.8, 4) is 35.2 Å². The van der Waals surface area contributed by atoms with E-state index in [-0.39, 0.29) is 33.7 Å². The van der Waals surface area contributed by atoms with Crippen molar-refractivity contribution < 1.29 is 30.0 Å². The summed E-state index contributed by atoms with van der Waals surface area (Å²) in [6.07, 6.45) is 1.22. The van der Waals surface area contributed by atoms with Crippen molar-refractivity contribution in [1.29, 1.82) is 0 Å². The van der Waals surface area contributed by atoms with E-state index in [0.29, 0.717) is 17.5 Å². The van der Waals surface area contributed by atoms with Gasteiger partial charge in [-0.05, 0) is 55.7 Å². The standard InChI is InChI=1S/C28H21NO6/c1-13-9-10-15-20(24(13)33)26(35)22-21(25(15)34)17(31)11-16-23(22)29-18-7-5-3-4-6-8-19(32)28(16)12-27(18,28)14(2)30/h3-4,9-11,14,18-19,29-33H,12H2,1-2H3/b4-3-/t14-,18+,19-,27-,28-/m1/s1. The minimum absolute atomic E-state index is 0.0120. The zero-order chi connectivity index (χ0) is 24.9. The quantitative estimate of drug-likeness (QED) is 0.273. The highest BCUT2D eigenvalue weighted by Gasteiger charge is 2.79. The van der Waals surface area contributed by atoms with Crippen LogP contribution in [0.5, 0.6) is 11.5 Å². The minimum Gasteiger partial charge on any atom is -0.507 e. The molecule has 2 aromatic rings. The van der Waals surface area contributed by atoms with Crippen molar-refractivity contribution in [3.05, 3.63) is 63.7 Å². The lowest BCUT2D eigenvalue weighted by Gasteiger charge is -2.42. The number of phenols is 2. The lowest BCUT2D eigenvalue weighted by Crippen LogP contribution is -2.50. The van der Waals surface area contributed by atoms with E-state index in [1.807, 2.05) is 0 Å². The number of allylic oxidation sites excluding steroid dienone is 2.